The number of sulfonamides is 1. The molecule has 2 aromatic rings. The maximum Gasteiger partial charge on any atom is 0.272 e. The molecule has 0 aliphatic carbocycles. The molecule has 9 heteroatoms. The average Bonchev–Trinajstić information content (AvgIpc) is 2.94. The molecule has 1 aromatic carbocycles. The number of aromatic hydroxyl groups is 1. The zero-order chi connectivity index (χ0) is 19.1. The summed E-state index contributed by atoms with van der Waals surface area (Å²) in [5.41, 5.74) is 1.99. The number of phenolic OH excluding ortho intramolecular Hbond substituents is 1. The highest BCUT2D eigenvalue weighted by Gasteiger charge is 2.32. The van der Waals surface area contributed by atoms with E-state index in [-0.39, 0.29) is 42.7 Å². The van der Waals surface area contributed by atoms with E-state index in [4.69, 9.17) is 0 Å². The Morgan fingerprint density at radius 2 is 1.77 bits per heavy atom. The van der Waals surface area contributed by atoms with Crippen LogP contribution in [0.25, 0.3) is 0 Å². The van der Waals surface area contributed by atoms with Crippen LogP contribution in [0.2, 0.25) is 0 Å². The topological polar surface area (TPSA) is 95.7 Å². The first-order valence-corrected chi connectivity index (χ1v) is 9.74. The first-order valence-electron chi connectivity index (χ1n) is 8.30. The average molecular weight is 378 g/mol. The van der Waals surface area contributed by atoms with Crippen LogP contribution >= 0.6 is 0 Å². The summed E-state index contributed by atoms with van der Waals surface area (Å²) in [5, 5.41) is 14.1. The number of nitrogens with zero attached hydrogens (tertiary/aromatic N) is 4. The molecule has 0 atom stereocenters. The molecule has 1 saturated heterocycles. The van der Waals surface area contributed by atoms with Gasteiger partial charge in [0, 0.05) is 33.2 Å². The van der Waals surface area contributed by atoms with Crippen molar-refractivity contribution in [3.8, 4) is 5.75 Å². The van der Waals surface area contributed by atoms with Gasteiger partial charge in [0.2, 0.25) is 10.0 Å². The quantitative estimate of drug-likeness (QED) is 0.856. The minimum atomic E-state index is -3.81. The van der Waals surface area contributed by atoms with Crippen LogP contribution in [0.3, 0.4) is 0 Å². The number of amides is 1. The second kappa shape index (κ2) is 6.73. The lowest BCUT2D eigenvalue weighted by molar-refractivity contribution is 0.0686. The molecule has 0 saturated carbocycles. The maximum atomic E-state index is 12.8. The van der Waals surface area contributed by atoms with Gasteiger partial charge in [-0.25, -0.2) is 8.42 Å². The van der Waals surface area contributed by atoms with Gasteiger partial charge in [-0.15, -0.1) is 0 Å². The highest BCUT2D eigenvalue weighted by Crippen LogP contribution is 2.27. The first-order chi connectivity index (χ1) is 12.2. The van der Waals surface area contributed by atoms with E-state index in [1.807, 2.05) is 6.92 Å². The molecule has 8 nitrogen and oxygen atoms in total. The molecule has 2 heterocycles. The lowest BCUT2D eigenvalue weighted by Gasteiger charge is -2.34. The van der Waals surface area contributed by atoms with Crippen molar-refractivity contribution in [1.82, 2.24) is 19.0 Å². The minimum Gasteiger partial charge on any atom is -0.507 e. The third-order valence-corrected chi connectivity index (χ3v) is 6.41. The fourth-order valence-corrected chi connectivity index (χ4v) is 4.66. The summed E-state index contributed by atoms with van der Waals surface area (Å²) >= 11 is 0. The molecular weight excluding hydrogens is 356 g/mol. The van der Waals surface area contributed by atoms with Gasteiger partial charge in [-0.1, -0.05) is 6.07 Å². The molecule has 140 valence electrons. The lowest BCUT2D eigenvalue weighted by Crippen LogP contribution is -2.50. The van der Waals surface area contributed by atoms with E-state index in [2.05, 4.69) is 5.10 Å². The lowest BCUT2D eigenvalue weighted by atomic mass is 10.2. The molecule has 1 aromatic heterocycles. The summed E-state index contributed by atoms with van der Waals surface area (Å²) in [4.78, 5) is 14.1. The SMILES string of the molecule is Cc1ccc(O)c(S(=O)(=O)N2CCN(C(=O)c3cc(C)nn3C)CC2)c1. The fraction of sp³-hybridized carbons (Fsp3) is 0.412. The normalized spacial score (nSPS) is 16.0. The zero-order valence-electron chi connectivity index (χ0n) is 15.0. The van der Waals surface area contributed by atoms with Gasteiger partial charge in [-0.2, -0.15) is 9.40 Å². The Kier molecular flexibility index (Phi) is 4.76. The summed E-state index contributed by atoms with van der Waals surface area (Å²) in [6.07, 6.45) is 0. The third kappa shape index (κ3) is 3.32. The van der Waals surface area contributed by atoms with Gasteiger partial charge in [0.1, 0.15) is 16.3 Å². The Bertz CT molecular complexity index is 944. The molecule has 1 aliphatic heterocycles. The predicted octanol–water partition coefficient (Wildman–Crippen LogP) is 0.889. The molecule has 1 N–H and O–H groups in total. The number of aromatic nitrogens is 2. The predicted molar refractivity (Wildman–Crippen MR) is 95.5 cm³/mol. The van der Waals surface area contributed by atoms with Crippen LogP contribution in [0.5, 0.6) is 5.75 Å². The second-order valence-corrected chi connectivity index (χ2v) is 8.37. The Morgan fingerprint density at radius 3 is 2.35 bits per heavy atom. The van der Waals surface area contributed by atoms with E-state index in [0.29, 0.717) is 5.69 Å². The smallest absolute Gasteiger partial charge is 0.272 e. The van der Waals surface area contributed by atoms with E-state index in [9.17, 15) is 18.3 Å². The third-order valence-electron chi connectivity index (χ3n) is 4.48. The van der Waals surface area contributed by atoms with Crippen molar-refractivity contribution < 1.29 is 18.3 Å². The van der Waals surface area contributed by atoms with Crippen molar-refractivity contribution in [3.05, 3.63) is 41.2 Å². The molecular formula is C17H22N4O4S. The van der Waals surface area contributed by atoms with Gasteiger partial charge in [0.25, 0.3) is 5.91 Å². The van der Waals surface area contributed by atoms with Crippen LogP contribution < -0.4 is 0 Å². The van der Waals surface area contributed by atoms with Crippen molar-refractivity contribution in [3.63, 3.8) is 0 Å². The summed E-state index contributed by atoms with van der Waals surface area (Å²) in [6.45, 7) is 4.51. The second-order valence-electron chi connectivity index (χ2n) is 6.46. The molecule has 0 bridgehead atoms. The Hall–Kier alpha value is -2.39. The molecule has 1 fully saturated rings. The number of rotatable bonds is 3. The van der Waals surface area contributed by atoms with E-state index in [0.717, 1.165) is 11.3 Å². The first kappa shape index (κ1) is 18.4. The summed E-state index contributed by atoms with van der Waals surface area (Å²) in [5.74, 6) is -0.428. The summed E-state index contributed by atoms with van der Waals surface area (Å²) in [6, 6.07) is 6.21. The Balaban J connectivity index is 1.75. The van der Waals surface area contributed by atoms with Crippen molar-refractivity contribution in [2.24, 2.45) is 7.05 Å². The van der Waals surface area contributed by atoms with E-state index >= 15 is 0 Å². The standard InChI is InChI=1S/C17H22N4O4S/c1-12-4-5-15(22)16(10-12)26(24,25)21-8-6-20(7-9-21)17(23)14-11-13(2)18-19(14)3/h4-5,10-11,22H,6-9H2,1-3H3. The molecule has 1 amide bonds. The number of carbonyl (C=O) groups is 1. The number of carbonyl (C=O) groups excluding carboxylic acids is 1. The van der Waals surface area contributed by atoms with Crippen LogP contribution in [0.4, 0.5) is 0 Å². The highest BCUT2D eigenvalue weighted by atomic mass is 32.2. The van der Waals surface area contributed by atoms with E-state index in [1.165, 1.54) is 21.1 Å². The van der Waals surface area contributed by atoms with Crippen molar-refractivity contribution in [1.29, 1.82) is 0 Å². The largest absolute Gasteiger partial charge is 0.507 e. The number of benzene rings is 1. The fourth-order valence-electron chi connectivity index (χ4n) is 3.07. The van der Waals surface area contributed by atoms with E-state index in [1.54, 1.807) is 31.0 Å². The van der Waals surface area contributed by atoms with Crippen molar-refractivity contribution in [2.45, 2.75) is 18.7 Å². The van der Waals surface area contributed by atoms with Gasteiger partial charge < -0.3 is 10.0 Å². The van der Waals surface area contributed by atoms with Crippen molar-refractivity contribution >= 4 is 15.9 Å². The van der Waals surface area contributed by atoms with Gasteiger partial charge in [-0.05, 0) is 37.6 Å². The number of aryl methyl sites for hydroxylation is 3. The highest BCUT2D eigenvalue weighted by molar-refractivity contribution is 7.89. The molecule has 3 rings (SSSR count). The molecule has 0 radical (unpaired) electrons. The zero-order valence-corrected chi connectivity index (χ0v) is 15.8. The van der Waals surface area contributed by atoms with E-state index < -0.39 is 10.0 Å². The monoisotopic (exact) mass is 378 g/mol. The number of piperazine rings is 1. The van der Waals surface area contributed by atoms with Crippen LogP contribution in [0.15, 0.2) is 29.2 Å². The van der Waals surface area contributed by atoms with Crippen LogP contribution in [0, 0.1) is 13.8 Å². The molecule has 1 aliphatic rings. The molecule has 0 spiro atoms. The van der Waals surface area contributed by atoms with Crippen LogP contribution in [-0.4, -0.2) is 64.6 Å². The summed E-state index contributed by atoms with van der Waals surface area (Å²) in [7, 11) is -2.10. The molecule has 0 unspecified atom stereocenters. The van der Waals surface area contributed by atoms with Gasteiger partial charge in [0.05, 0.1) is 5.69 Å². The number of phenols is 1. The Labute approximate surface area is 152 Å². The van der Waals surface area contributed by atoms with Gasteiger partial charge in [-0.3, -0.25) is 9.48 Å². The minimum absolute atomic E-state index is 0.0977. The van der Waals surface area contributed by atoms with Crippen LogP contribution in [-0.2, 0) is 17.1 Å². The summed E-state index contributed by atoms with van der Waals surface area (Å²) < 4.78 is 28.5. The van der Waals surface area contributed by atoms with Crippen LogP contribution in [0.1, 0.15) is 21.7 Å². The number of hydrogen-bond acceptors (Lipinski definition) is 5. The maximum absolute atomic E-state index is 12.8. The number of hydrogen-bond donors (Lipinski definition) is 1. The van der Waals surface area contributed by atoms with Gasteiger partial charge in [0.15, 0.2) is 0 Å². The van der Waals surface area contributed by atoms with Crippen molar-refractivity contribution in [2.75, 3.05) is 26.2 Å². The van der Waals surface area contributed by atoms with Gasteiger partial charge >= 0.3 is 0 Å². The molecule has 26 heavy (non-hydrogen) atoms. The Morgan fingerprint density at radius 1 is 1.12 bits per heavy atom.